The highest BCUT2D eigenvalue weighted by molar-refractivity contribution is 6.09. The minimum atomic E-state index is 0.914. The van der Waals surface area contributed by atoms with Crippen LogP contribution in [0.3, 0.4) is 0 Å². The number of benzene rings is 6. The van der Waals surface area contributed by atoms with Gasteiger partial charge in [-0.25, -0.2) is 0 Å². The van der Waals surface area contributed by atoms with E-state index in [1.54, 1.807) is 0 Å². The van der Waals surface area contributed by atoms with Gasteiger partial charge < -0.3 is 4.57 Å². The maximum absolute atomic E-state index is 2.36. The number of nitrogens with zero attached hydrogens (tertiary/aromatic N) is 1. The maximum Gasteiger partial charge on any atom is 0.0541 e. The van der Waals surface area contributed by atoms with Crippen molar-refractivity contribution in [2.75, 3.05) is 0 Å². The summed E-state index contributed by atoms with van der Waals surface area (Å²) >= 11 is 0. The molecule has 0 atom stereocenters. The van der Waals surface area contributed by atoms with E-state index in [9.17, 15) is 0 Å². The second-order valence-electron chi connectivity index (χ2n) is 10.3. The number of rotatable bonds is 5. The Kier molecular flexibility index (Phi) is 5.83. The first kappa shape index (κ1) is 23.3. The van der Waals surface area contributed by atoms with Gasteiger partial charge in [0.05, 0.1) is 11.0 Å². The van der Waals surface area contributed by atoms with E-state index in [1.807, 2.05) is 0 Å². The van der Waals surface area contributed by atoms with Crippen molar-refractivity contribution < 1.29 is 0 Å². The Bertz CT molecular complexity index is 1870. The van der Waals surface area contributed by atoms with Crippen molar-refractivity contribution in [2.24, 2.45) is 0 Å². The van der Waals surface area contributed by atoms with Crippen LogP contribution in [0.5, 0.6) is 0 Å². The zero-order valence-corrected chi connectivity index (χ0v) is 22.0. The Morgan fingerprint density at radius 3 is 1.62 bits per heavy atom. The van der Waals surface area contributed by atoms with Crippen LogP contribution in [0.2, 0.25) is 0 Å². The Morgan fingerprint density at radius 2 is 0.974 bits per heavy atom. The molecule has 6 aromatic carbocycles. The van der Waals surface area contributed by atoms with Crippen molar-refractivity contribution in [3.8, 4) is 27.9 Å². The molecule has 1 aromatic heterocycles. The van der Waals surface area contributed by atoms with E-state index in [1.165, 1.54) is 66.4 Å². The second kappa shape index (κ2) is 9.78. The summed E-state index contributed by atoms with van der Waals surface area (Å²) in [4.78, 5) is 0. The molecule has 0 saturated carbocycles. The highest BCUT2D eigenvalue weighted by atomic mass is 15.0. The lowest BCUT2D eigenvalue weighted by molar-refractivity contribution is 1.18. The van der Waals surface area contributed by atoms with Gasteiger partial charge in [-0.2, -0.15) is 0 Å². The molecule has 7 rings (SSSR count). The molecule has 0 amide bonds. The molecule has 0 N–H and O–H groups in total. The van der Waals surface area contributed by atoms with Crippen LogP contribution in [0.4, 0.5) is 0 Å². The molecular weight excluding hydrogens is 470 g/mol. The molecule has 0 unspecified atom stereocenters. The van der Waals surface area contributed by atoms with Crippen LogP contribution in [0.25, 0.3) is 49.7 Å². The van der Waals surface area contributed by atoms with E-state index in [-0.39, 0.29) is 0 Å². The highest BCUT2D eigenvalue weighted by Gasteiger charge is 2.12. The topological polar surface area (TPSA) is 4.93 Å². The van der Waals surface area contributed by atoms with Crippen molar-refractivity contribution in [3.63, 3.8) is 0 Å². The van der Waals surface area contributed by atoms with Gasteiger partial charge >= 0.3 is 0 Å². The van der Waals surface area contributed by atoms with Gasteiger partial charge in [-0.3, -0.25) is 0 Å². The van der Waals surface area contributed by atoms with Crippen LogP contribution in [-0.4, -0.2) is 4.57 Å². The molecule has 0 aliphatic rings. The van der Waals surface area contributed by atoms with Crippen LogP contribution >= 0.6 is 0 Å². The smallest absolute Gasteiger partial charge is 0.0541 e. The molecule has 39 heavy (non-hydrogen) atoms. The first-order valence-electron chi connectivity index (χ1n) is 13.6. The molecule has 0 aliphatic heterocycles. The Morgan fingerprint density at radius 1 is 0.462 bits per heavy atom. The van der Waals surface area contributed by atoms with Gasteiger partial charge in [0.15, 0.2) is 0 Å². The Balaban J connectivity index is 1.17. The summed E-state index contributed by atoms with van der Waals surface area (Å²) in [5, 5.41) is 2.58. The highest BCUT2D eigenvalue weighted by Crippen LogP contribution is 2.33. The van der Waals surface area contributed by atoms with Gasteiger partial charge in [-0.05, 0) is 76.6 Å². The van der Waals surface area contributed by atoms with Crippen LogP contribution in [0.15, 0.2) is 146 Å². The van der Waals surface area contributed by atoms with E-state index < -0.39 is 0 Å². The largest absolute Gasteiger partial charge is 0.309 e. The van der Waals surface area contributed by atoms with E-state index >= 15 is 0 Å². The van der Waals surface area contributed by atoms with Gasteiger partial charge in [0.1, 0.15) is 0 Å². The zero-order valence-electron chi connectivity index (χ0n) is 22.0. The first-order valence-corrected chi connectivity index (χ1v) is 13.6. The molecular formula is C38H29N. The van der Waals surface area contributed by atoms with E-state index in [4.69, 9.17) is 0 Å². The minimum absolute atomic E-state index is 0.914. The lowest BCUT2D eigenvalue weighted by atomic mass is 9.92. The normalized spacial score (nSPS) is 11.3. The lowest BCUT2D eigenvalue weighted by Gasteiger charge is -2.13. The predicted octanol–water partition coefficient (Wildman–Crippen LogP) is 10.0. The van der Waals surface area contributed by atoms with Gasteiger partial charge in [-0.15, -0.1) is 0 Å². The SMILES string of the molecule is Cc1ccccc1-c1ccccc1Cc1ccc(-c2ccc(-n3c4ccccc4c4ccccc43)cc2)cc1. The molecule has 1 heteroatoms. The quantitative estimate of drug-likeness (QED) is 0.222. The Hall–Kier alpha value is -4.88. The number of para-hydroxylation sites is 2. The summed E-state index contributed by atoms with van der Waals surface area (Å²) in [6.45, 7) is 2.19. The zero-order chi connectivity index (χ0) is 26.2. The van der Waals surface area contributed by atoms with Crippen LogP contribution in [-0.2, 0) is 6.42 Å². The van der Waals surface area contributed by atoms with E-state index in [2.05, 4.69) is 157 Å². The van der Waals surface area contributed by atoms with Crippen molar-refractivity contribution in [1.82, 2.24) is 4.57 Å². The second-order valence-corrected chi connectivity index (χ2v) is 10.3. The monoisotopic (exact) mass is 499 g/mol. The van der Waals surface area contributed by atoms with Crippen LogP contribution in [0.1, 0.15) is 16.7 Å². The molecule has 0 spiro atoms. The van der Waals surface area contributed by atoms with Gasteiger partial charge in [0, 0.05) is 16.5 Å². The number of aryl methyl sites for hydroxylation is 1. The fraction of sp³-hybridized carbons (Fsp3) is 0.0526. The molecule has 0 saturated heterocycles. The third kappa shape index (κ3) is 4.23. The average Bonchev–Trinajstić information content (AvgIpc) is 3.33. The summed E-state index contributed by atoms with van der Waals surface area (Å²) in [6, 6.07) is 52.7. The van der Waals surface area contributed by atoms with Crippen molar-refractivity contribution >= 4 is 21.8 Å². The third-order valence-corrected chi connectivity index (χ3v) is 7.84. The van der Waals surface area contributed by atoms with Gasteiger partial charge in [0.2, 0.25) is 0 Å². The van der Waals surface area contributed by atoms with Gasteiger partial charge in [0.25, 0.3) is 0 Å². The number of hydrogen-bond donors (Lipinski definition) is 0. The first-order chi connectivity index (χ1) is 19.3. The fourth-order valence-electron chi connectivity index (χ4n) is 5.85. The average molecular weight is 500 g/mol. The number of aromatic nitrogens is 1. The maximum atomic E-state index is 2.36. The summed E-state index contributed by atoms with van der Waals surface area (Å²) in [5.41, 5.74) is 12.7. The Labute approximate surface area is 229 Å². The summed E-state index contributed by atoms with van der Waals surface area (Å²) < 4.78 is 2.36. The minimum Gasteiger partial charge on any atom is -0.309 e. The van der Waals surface area contributed by atoms with E-state index in [0.29, 0.717) is 0 Å². The van der Waals surface area contributed by atoms with Gasteiger partial charge in [-0.1, -0.05) is 121 Å². The summed E-state index contributed by atoms with van der Waals surface area (Å²) in [7, 11) is 0. The number of hydrogen-bond acceptors (Lipinski definition) is 0. The standard InChI is InChI=1S/C38H29N/c1-27-10-2-4-12-33(27)34-13-5-3-11-31(34)26-28-18-20-29(21-19-28)30-22-24-32(25-23-30)39-37-16-8-6-14-35(37)36-15-7-9-17-38(36)39/h2-25H,26H2,1H3. The molecule has 1 nitrogen and oxygen atoms in total. The predicted molar refractivity (Wildman–Crippen MR) is 166 cm³/mol. The molecule has 0 fully saturated rings. The van der Waals surface area contributed by atoms with Crippen LogP contribution in [0, 0.1) is 6.92 Å². The molecule has 7 aromatic rings. The van der Waals surface area contributed by atoms with Crippen molar-refractivity contribution in [2.45, 2.75) is 13.3 Å². The molecule has 0 bridgehead atoms. The van der Waals surface area contributed by atoms with Crippen molar-refractivity contribution in [1.29, 1.82) is 0 Å². The van der Waals surface area contributed by atoms with E-state index in [0.717, 1.165) is 6.42 Å². The third-order valence-electron chi connectivity index (χ3n) is 7.84. The summed E-state index contributed by atoms with van der Waals surface area (Å²) in [5.74, 6) is 0. The molecule has 1 heterocycles. The molecule has 0 aliphatic carbocycles. The fourth-order valence-corrected chi connectivity index (χ4v) is 5.85. The summed E-state index contributed by atoms with van der Waals surface area (Å²) in [6.07, 6.45) is 0.914. The lowest BCUT2D eigenvalue weighted by Crippen LogP contribution is -1.94. The molecule has 186 valence electrons. The molecule has 0 radical (unpaired) electrons. The number of fused-ring (bicyclic) bond motifs is 3. The van der Waals surface area contributed by atoms with Crippen LogP contribution < -0.4 is 0 Å². The van der Waals surface area contributed by atoms with Crippen molar-refractivity contribution in [3.05, 3.63) is 162 Å².